The highest BCUT2D eigenvalue weighted by atomic mass is 16.5. The molecule has 0 bridgehead atoms. The van der Waals surface area contributed by atoms with Crippen molar-refractivity contribution in [3.63, 3.8) is 0 Å². The van der Waals surface area contributed by atoms with E-state index < -0.39 is 35.9 Å². The Labute approximate surface area is 155 Å². The van der Waals surface area contributed by atoms with Crippen LogP contribution in [0.5, 0.6) is 0 Å². The zero-order valence-electron chi connectivity index (χ0n) is 15.3. The molecule has 0 unspecified atom stereocenters. The minimum Gasteiger partial charge on any atom is -0.467 e. The van der Waals surface area contributed by atoms with Gasteiger partial charge in [-0.3, -0.25) is 9.59 Å². The van der Waals surface area contributed by atoms with Crippen molar-refractivity contribution >= 4 is 28.8 Å². The fourth-order valence-electron chi connectivity index (χ4n) is 2.42. The molecule has 0 spiro atoms. The largest absolute Gasteiger partial charge is 0.467 e. The van der Waals surface area contributed by atoms with Crippen molar-refractivity contribution in [3.8, 4) is 0 Å². The normalized spacial score (nSPS) is 12.9. The molecule has 2 atom stereocenters. The molecule has 1 heterocycles. The Hall–Kier alpha value is -3.16. The molecular formula is C19H21NO7. The van der Waals surface area contributed by atoms with Crippen molar-refractivity contribution in [2.75, 3.05) is 13.7 Å². The Morgan fingerprint density at radius 3 is 2.59 bits per heavy atom. The molecular weight excluding hydrogens is 354 g/mol. The maximum Gasteiger partial charge on any atom is 0.374 e. The van der Waals surface area contributed by atoms with Gasteiger partial charge in [0.25, 0.3) is 5.91 Å². The van der Waals surface area contributed by atoms with E-state index in [2.05, 4.69) is 10.1 Å². The number of hydrogen-bond acceptors (Lipinski definition) is 7. The van der Waals surface area contributed by atoms with E-state index in [9.17, 15) is 19.2 Å². The molecule has 1 aromatic heterocycles. The summed E-state index contributed by atoms with van der Waals surface area (Å²) >= 11 is 0. The summed E-state index contributed by atoms with van der Waals surface area (Å²) in [4.78, 5) is 47.9. The molecule has 8 nitrogen and oxygen atoms in total. The molecule has 2 rings (SSSR count). The number of ether oxygens (including phenoxy) is 2. The van der Waals surface area contributed by atoms with Gasteiger partial charge in [-0.25, -0.2) is 9.59 Å². The third kappa shape index (κ3) is 4.93. The molecule has 2 aromatic rings. The number of amides is 1. The van der Waals surface area contributed by atoms with E-state index in [0.717, 1.165) is 6.07 Å². The summed E-state index contributed by atoms with van der Waals surface area (Å²) in [7, 11) is 1.23. The smallest absolute Gasteiger partial charge is 0.374 e. The molecule has 0 aliphatic carbocycles. The first-order valence-corrected chi connectivity index (χ1v) is 8.44. The number of methoxy groups -OCH3 is 1. The Kier molecular flexibility index (Phi) is 6.70. The van der Waals surface area contributed by atoms with Crippen LogP contribution in [0.4, 0.5) is 0 Å². The van der Waals surface area contributed by atoms with Gasteiger partial charge in [-0.1, -0.05) is 32.4 Å². The van der Waals surface area contributed by atoms with Crippen LogP contribution in [0.15, 0.2) is 39.5 Å². The van der Waals surface area contributed by atoms with Crippen LogP contribution in [-0.2, 0) is 19.1 Å². The highest BCUT2D eigenvalue weighted by Crippen LogP contribution is 2.13. The van der Waals surface area contributed by atoms with Crippen molar-refractivity contribution in [2.24, 2.45) is 5.92 Å². The van der Waals surface area contributed by atoms with Gasteiger partial charge in [0.15, 0.2) is 12.0 Å². The van der Waals surface area contributed by atoms with Gasteiger partial charge in [-0.15, -0.1) is 0 Å². The number of benzene rings is 1. The van der Waals surface area contributed by atoms with E-state index in [1.165, 1.54) is 7.11 Å². The number of rotatable bonds is 7. The van der Waals surface area contributed by atoms with Gasteiger partial charge in [0.2, 0.25) is 5.76 Å². The highest BCUT2D eigenvalue weighted by molar-refractivity contribution is 5.91. The molecule has 0 saturated carbocycles. The Morgan fingerprint density at radius 2 is 1.93 bits per heavy atom. The molecule has 27 heavy (non-hydrogen) atoms. The predicted molar refractivity (Wildman–Crippen MR) is 96.2 cm³/mol. The first-order chi connectivity index (χ1) is 12.9. The quantitative estimate of drug-likeness (QED) is 0.732. The van der Waals surface area contributed by atoms with Gasteiger partial charge in [-0.05, 0) is 18.1 Å². The summed E-state index contributed by atoms with van der Waals surface area (Å²) in [6, 6.07) is 6.63. The monoisotopic (exact) mass is 375 g/mol. The lowest BCUT2D eigenvalue weighted by Gasteiger charge is -2.21. The van der Waals surface area contributed by atoms with Crippen molar-refractivity contribution in [2.45, 2.75) is 26.3 Å². The van der Waals surface area contributed by atoms with Crippen LogP contribution < -0.4 is 10.7 Å². The number of carbonyl (C=O) groups is 3. The second-order valence-electron chi connectivity index (χ2n) is 6.00. The third-order valence-electron chi connectivity index (χ3n) is 4.15. The third-order valence-corrected chi connectivity index (χ3v) is 4.15. The molecule has 0 saturated heterocycles. The molecule has 144 valence electrons. The van der Waals surface area contributed by atoms with Crippen LogP contribution in [-0.4, -0.2) is 37.6 Å². The Bertz CT molecular complexity index is 902. The van der Waals surface area contributed by atoms with E-state index in [0.29, 0.717) is 11.8 Å². The average molecular weight is 375 g/mol. The topological polar surface area (TPSA) is 112 Å². The first kappa shape index (κ1) is 20.2. The maximum atomic E-state index is 12.1. The molecule has 1 amide bonds. The van der Waals surface area contributed by atoms with E-state index in [1.807, 2.05) is 6.92 Å². The van der Waals surface area contributed by atoms with Crippen molar-refractivity contribution in [1.29, 1.82) is 0 Å². The highest BCUT2D eigenvalue weighted by Gasteiger charge is 2.27. The number of para-hydroxylation sites is 1. The standard InChI is InChI=1S/C19H21NO7/c1-4-11(2)17(19(24)25-3)20-16(22)10-26-18(23)15-9-13(21)12-7-5-6-8-14(12)27-15/h5-9,11,17H,4,10H2,1-3H3,(H,20,22)/t11-,17+/m0/s1. The lowest BCUT2D eigenvalue weighted by molar-refractivity contribution is -0.147. The summed E-state index contributed by atoms with van der Waals surface area (Å²) in [6.07, 6.45) is 0.641. The summed E-state index contributed by atoms with van der Waals surface area (Å²) < 4.78 is 14.9. The fourth-order valence-corrected chi connectivity index (χ4v) is 2.42. The minimum absolute atomic E-state index is 0.157. The second-order valence-corrected chi connectivity index (χ2v) is 6.00. The molecule has 0 aliphatic rings. The molecule has 0 aliphatic heterocycles. The van der Waals surface area contributed by atoms with Gasteiger partial charge in [0.1, 0.15) is 11.6 Å². The molecule has 0 radical (unpaired) electrons. The summed E-state index contributed by atoms with van der Waals surface area (Å²) in [5.74, 6) is -2.66. The van der Waals surface area contributed by atoms with Gasteiger partial charge >= 0.3 is 11.9 Å². The van der Waals surface area contributed by atoms with E-state index >= 15 is 0 Å². The zero-order chi connectivity index (χ0) is 20.0. The van der Waals surface area contributed by atoms with Gasteiger partial charge in [-0.2, -0.15) is 0 Å². The number of nitrogens with one attached hydrogen (secondary N) is 1. The number of esters is 2. The van der Waals surface area contributed by atoms with E-state index in [1.54, 1.807) is 31.2 Å². The maximum absolute atomic E-state index is 12.1. The SMILES string of the molecule is CC[C@H](C)[C@@H](NC(=O)COC(=O)c1cc(=O)c2ccccc2o1)C(=O)OC. The fraction of sp³-hybridized carbons (Fsp3) is 0.368. The van der Waals surface area contributed by atoms with Crippen LogP contribution in [0.2, 0.25) is 0 Å². The van der Waals surface area contributed by atoms with Crippen molar-refractivity contribution in [3.05, 3.63) is 46.3 Å². The Balaban J connectivity index is 2.03. The van der Waals surface area contributed by atoms with Gasteiger partial charge in [0.05, 0.1) is 12.5 Å². The van der Waals surface area contributed by atoms with Crippen LogP contribution in [0, 0.1) is 5.92 Å². The summed E-state index contributed by atoms with van der Waals surface area (Å²) in [6.45, 7) is 3.03. The van der Waals surface area contributed by atoms with E-state index in [4.69, 9.17) is 9.15 Å². The number of hydrogen-bond donors (Lipinski definition) is 1. The Morgan fingerprint density at radius 1 is 1.22 bits per heavy atom. The van der Waals surface area contributed by atoms with Crippen molar-refractivity contribution in [1.82, 2.24) is 5.32 Å². The minimum atomic E-state index is -0.953. The molecule has 8 heteroatoms. The van der Waals surface area contributed by atoms with E-state index in [-0.39, 0.29) is 17.3 Å². The van der Waals surface area contributed by atoms with Gasteiger partial charge in [0, 0.05) is 6.07 Å². The first-order valence-electron chi connectivity index (χ1n) is 8.44. The lowest BCUT2D eigenvalue weighted by Crippen LogP contribution is -2.47. The number of fused-ring (bicyclic) bond motifs is 1. The number of carbonyl (C=O) groups excluding carboxylic acids is 3. The predicted octanol–water partition coefficient (Wildman–Crippen LogP) is 1.65. The summed E-state index contributed by atoms with van der Waals surface area (Å²) in [5, 5.41) is 2.82. The second kappa shape index (κ2) is 8.98. The van der Waals surface area contributed by atoms with Crippen LogP contribution >= 0.6 is 0 Å². The lowest BCUT2D eigenvalue weighted by atomic mass is 9.99. The van der Waals surface area contributed by atoms with Crippen LogP contribution in [0.25, 0.3) is 11.0 Å². The molecule has 0 fully saturated rings. The summed E-state index contributed by atoms with van der Waals surface area (Å²) in [5.41, 5.74) is -0.153. The van der Waals surface area contributed by atoms with Crippen LogP contribution in [0.3, 0.4) is 0 Å². The molecule has 1 aromatic carbocycles. The average Bonchev–Trinajstić information content (AvgIpc) is 2.68. The van der Waals surface area contributed by atoms with Crippen molar-refractivity contribution < 1.29 is 28.3 Å². The zero-order valence-corrected chi connectivity index (χ0v) is 15.3. The van der Waals surface area contributed by atoms with Gasteiger partial charge < -0.3 is 19.2 Å². The van der Waals surface area contributed by atoms with Crippen LogP contribution in [0.1, 0.15) is 30.8 Å². The molecule has 1 N–H and O–H groups in total.